The van der Waals surface area contributed by atoms with Gasteiger partial charge in [0.05, 0.1) is 0 Å². The first-order valence-corrected chi connectivity index (χ1v) is 10.6. The molecule has 4 aliphatic carbocycles. The highest BCUT2D eigenvalue weighted by Gasteiger charge is 2.63. The second kappa shape index (κ2) is 6.21. The molecule has 0 radical (unpaired) electrons. The molecule has 4 fully saturated rings. The summed E-state index contributed by atoms with van der Waals surface area (Å²) in [5, 5.41) is 0. The molecule has 4 aliphatic rings. The Morgan fingerprint density at radius 3 is 2.65 bits per heavy atom. The van der Waals surface area contributed by atoms with Crippen LogP contribution < -0.4 is 0 Å². The van der Waals surface area contributed by atoms with Crippen LogP contribution in [-0.2, 0) is 14.3 Å². The van der Waals surface area contributed by atoms with Crippen molar-refractivity contribution in [2.45, 2.75) is 78.2 Å². The predicted octanol–water partition coefficient (Wildman–Crippen LogP) is 4.94. The van der Waals surface area contributed by atoms with E-state index in [0.717, 1.165) is 19.3 Å². The van der Waals surface area contributed by atoms with Crippen LogP contribution in [0.25, 0.3) is 0 Å². The van der Waals surface area contributed by atoms with Crippen LogP contribution in [0.15, 0.2) is 12.7 Å². The van der Waals surface area contributed by atoms with E-state index in [9.17, 15) is 9.59 Å². The van der Waals surface area contributed by atoms with Gasteiger partial charge in [0.2, 0.25) is 0 Å². The molecule has 26 heavy (non-hydrogen) atoms. The number of ether oxygens (including phenoxy) is 1. The first-order chi connectivity index (χ1) is 12.3. The number of ketones is 1. The zero-order valence-corrected chi connectivity index (χ0v) is 16.6. The van der Waals surface area contributed by atoms with E-state index in [-0.39, 0.29) is 22.9 Å². The summed E-state index contributed by atoms with van der Waals surface area (Å²) >= 11 is 0. The average Bonchev–Trinajstić information content (AvgIpc) is 2.90. The molecule has 0 aliphatic heterocycles. The number of carbonyl (C=O) groups excluding carboxylic acids is 2. The maximum atomic E-state index is 12.1. The van der Waals surface area contributed by atoms with E-state index in [0.29, 0.717) is 41.8 Å². The van der Waals surface area contributed by atoms with Crippen LogP contribution in [0, 0.1) is 40.4 Å². The Bertz CT molecular complexity index is 625. The molecule has 0 saturated heterocycles. The zero-order valence-electron chi connectivity index (χ0n) is 16.6. The topological polar surface area (TPSA) is 43.4 Å². The SMILES string of the molecule is C=C[C@H]1CCC2C3CC[C@H]4CC(=O)CC[C@]4(C)C3[C@H](OC(C)=O)C[C@@]21C. The number of rotatable bonds is 2. The molecule has 144 valence electrons. The minimum atomic E-state index is -0.151. The number of fused-ring (bicyclic) bond motifs is 5. The van der Waals surface area contributed by atoms with E-state index in [4.69, 9.17) is 4.74 Å². The second-order valence-corrected chi connectivity index (χ2v) is 10.1. The average molecular weight is 359 g/mol. The van der Waals surface area contributed by atoms with E-state index in [1.807, 2.05) is 0 Å². The Morgan fingerprint density at radius 2 is 1.96 bits per heavy atom. The van der Waals surface area contributed by atoms with Gasteiger partial charge in [-0.2, -0.15) is 0 Å². The van der Waals surface area contributed by atoms with Crippen LogP contribution in [0.5, 0.6) is 0 Å². The van der Waals surface area contributed by atoms with Gasteiger partial charge in [0.25, 0.3) is 0 Å². The van der Waals surface area contributed by atoms with Crippen molar-refractivity contribution >= 4 is 11.8 Å². The number of hydrogen-bond donors (Lipinski definition) is 0. The Morgan fingerprint density at radius 1 is 1.19 bits per heavy atom. The third-order valence-electron chi connectivity index (χ3n) is 9.06. The van der Waals surface area contributed by atoms with Crippen LogP contribution in [0.2, 0.25) is 0 Å². The van der Waals surface area contributed by atoms with Crippen LogP contribution in [0.4, 0.5) is 0 Å². The highest BCUT2D eigenvalue weighted by atomic mass is 16.5. The van der Waals surface area contributed by atoms with E-state index in [1.54, 1.807) is 6.92 Å². The molecule has 3 unspecified atom stereocenters. The van der Waals surface area contributed by atoms with Gasteiger partial charge in [-0.05, 0) is 73.0 Å². The molecule has 0 spiro atoms. The highest BCUT2D eigenvalue weighted by molar-refractivity contribution is 5.79. The van der Waals surface area contributed by atoms with Gasteiger partial charge in [-0.3, -0.25) is 9.59 Å². The Kier molecular flexibility index (Phi) is 4.36. The number of Topliss-reactive ketones (excluding diaryl/α,β-unsaturated/α-hetero) is 1. The van der Waals surface area contributed by atoms with Crippen LogP contribution in [0.3, 0.4) is 0 Å². The molecule has 0 aromatic carbocycles. The van der Waals surface area contributed by atoms with Gasteiger partial charge in [0.1, 0.15) is 11.9 Å². The van der Waals surface area contributed by atoms with Gasteiger partial charge in [0, 0.05) is 25.7 Å². The summed E-state index contributed by atoms with van der Waals surface area (Å²) in [6, 6.07) is 0. The van der Waals surface area contributed by atoms with E-state index in [1.165, 1.54) is 25.7 Å². The number of allylic oxidation sites excluding steroid dienone is 1. The molecule has 8 atom stereocenters. The summed E-state index contributed by atoms with van der Waals surface area (Å²) in [5.41, 5.74) is 0.348. The maximum Gasteiger partial charge on any atom is 0.302 e. The van der Waals surface area contributed by atoms with Crippen LogP contribution in [0.1, 0.15) is 72.1 Å². The molecule has 0 aromatic rings. The second-order valence-electron chi connectivity index (χ2n) is 10.1. The molecular formula is C23H34O3. The molecule has 0 amide bonds. The van der Waals surface area contributed by atoms with Crippen molar-refractivity contribution in [1.29, 1.82) is 0 Å². The summed E-state index contributed by atoms with van der Waals surface area (Å²) in [5.74, 6) is 3.04. The van der Waals surface area contributed by atoms with Crippen molar-refractivity contribution in [2.75, 3.05) is 0 Å². The standard InChI is InChI=1S/C23H34O3/c1-5-15-7-9-19-18-8-6-16-12-17(25)10-11-22(16,3)21(18)20(26-14(2)24)13-23(15,19)4/h5,15-16,18-21H,1,6-13H2,2-4H3/t15-,16-,18?,19?,20+,21?,22-,23+/m0/s1. The Labute approximate surface area is 157 Å². The summed E-state index contributed by atoms with van der Waals surface area (Å²) in [6.07, 6.45) is 10.4. The molecule has 0 aromatic heterocycles. The fraction of sp³-hybridized carbons (Fsp3) is 0.826. The summed E-state index contributed by atoms with van der Waals surface area (Å²) in [4.78, 5) is 24.1. The fourth-order valence-electron chi connectivity index (χ4n) is 7.88. The van der Waals surface area contributed by atoms with Gasteiger partial charge in [-0.25, -0.2) is 0 Å². The lowest BCUT2D eigenvalue weighted by atomic mass is 9.44. The minimum absolute atomic E-state index is 0.000280. The quantitative estimate of drug-likeness (QED) is 0.518. The van der Waals surface area contributed by atoms with E-state index in [2.05, 4.69) is 26.5 Å². The van der Waals surface area contributed by atoms with Crippen molar-refractivity contribution in [3.8, 4) is 0 Å². The molecule has 3 nitrogen and oxygen atoms in total. The molecule has 4 saturated carbocycles. The van der Waals surface area contributed by atoms with Gasteiger partial charge in [0.15, 0.2) is 0 Å². The Hall–Kier alpha value is -1.12. The number of esters is 1. The minimum Gasteiger partial charge on any atom is -0.462 e. The monoisotopic (exact) mass is 358 g/mol. The maximum absolute atomic E-state index is 12.1. The largest absolute Gasteiger partial charge is 0.462 e. The lowest BCUT2D eigenvalue weighted by Gasteiger charge is -2.62. The van der Waals surface area contributed by atoms with E-state index < -0.39 is 0 Å². The predicted molar refractivity (Wildman–Crippen MR) is 101 cm³/mol. The summed E-state index contributed by atoms with van der Waals surface area (Å²) in [6.45, 7) is 10.5. The highest BCUT2D eigenvalue weighted by Crippen LogP contribution is 2.67. The molecule has 0 bridgehead atoms. The third kappa shape index (κ3) is 2.52. The van der Waals surface area contributed by atoms with Gasteiger partial charge in [-0.15, -0.1) is 6.58 Å². The summed E-state index contributed by atoms with van der Waals surface area (Å²) in [7, 11) is 0. The lowest BCUT2D eigenvalue weighted by Crippen LogP contribution is -2.59. The Balaban J connectivity index is 1.73. The number of hydrogen-bond acceptors (Lipinski definition) is 3. The van der Waals surface area contributed by atoms with Crippen molar-refractivity contribution in [3.05, 3.63) is 12.7 Å². The zero-order chi connectivity index (χ0) is 18.7. The van der Waals surface area contributed by atoms with Gasteiger partial charge < -0.3 is 4.74 Å². The molecule has 4 rings (SSSR count). The molecule has 0 N–H and O–H groups in total. The molecular weight excluding hydrogens is 324 g/mol. The van der Waals surface area contributed by atoms with Crippen molar-refractivity contribution in [3.63, 3.8) is 0 Å². The van der Waals surface area contributed by atoms with Crippen molar-refractivity contribution in [2.24, 2.45) is 40.4 Å². The van der Waals surface area contributed by atoms with Gasteiger partial charge >= 0.3 is 5.97 Å². The van der Waals surface area contributed by atoms with Crippen LogP contribution >= 0.6 is 0 Å². The van der Waals surface area contributed by atoms with Crippen LogP contribution in [-0.4, -0.2) is 17.9 Å². The molecule has 0 heterocycles. The summed E-state index contributed by atoms with van der Waals surface area (Å²) < 4.78 is 6.01. The smallest absolute Gasteiger partial charge is 0.302 e. The first-order valence-electron chi connectivity index (χ1n) is 10.6. The number of carbonyl (C=O) groups is 2. The first kappa shape index (κ1) is 18.3. The third-order valence-corrected chi connectivity index (χ3v) is 9.06. The molecule has 3 heteroatoms. The normalized spacial score (nSPS) is 50.3. The lowest BCUT2D eigenvalue weighted by molar-refractivity contribution is -0.192. The van der Waals surface area contributed by atoms with Crippen molar-refractivity contribution in [1.82, 2.24) is 0 Å². The van der Waals surface area contributed by atoms with Crippen molar-refractivity contribution < 1.29 is 14.3 Å². The fourth-order valence-corrected chi connectivity index (χ4v) is 7.88. The van der Waals surface area contributed by atoms with Gasteiger partial charge in [-0.1, -0.05) is 19.9 Å². The van der Waals surface area contributed by atoms with E-state index >= 15 is 0 Å².